The zero-order valence-corrected chi connectivity index (χ0v) is 31.1. The van der Waals surface area contributed by atoms with Gasteiger partial charge in [-0.25, -0.2) is 23.3 Å². The molecule has 0 unspecified atom stereocenters. The van der Waals surface area contributed by atoms with Crippen LogP contribution in [0.2, 0.25) is 0 Å². The highest BCUT2D eigenvalue weighted by atomic mass is 32.2. The summed E-state index contributed by atoms with van der Waals surface area (Å²) in [4.78, 5) is 41.6. The third kappa shape index (κ3) is 8.58. The van der Waals surface area contributed by atoms with Crippen LogP contribution in [0.4, 0.5) is 22.2 Å². The van der Waals surface area contributed by atoms with Crippen molar-refractivity contribution in [3.05, 3.63) is 102 Å². The first-order chi connectivity index (χ1) is 27.0. The predicted octanol–water partition coefficient (Wildman–Crippen LogP) is 1.65. The van der Waals surface area contributed by atoms with Gasteiger partial charge >= 0.3 is 6.03 Å². The van der Waals surface area contributed by atoms with Crippen molar-refractivity contribution in [3.63, 3.8) is 0 Å². The molecule has 2 aliphatic rings. The number of nitrogens with zero attached hydrogens (tertiary/aromatic N) is 5. The molecular formula is C38H44N10O7S. The number of nitrogens with one attached hydrogen (secondary N) is 4. The summed E-state index contributed by atoms with van der Waals surface area (Å²) in [6.45, 7) is 0.951. The summed E-state index contributed by atoms with van der Waals surface area (Å²) in [5.41, 5.74) is 3.31. The number of aromatic nitrogens is 4. The van der Waals surface area contributed by atoms with E-state index in [1.165, 1.54) is 18.2 Å². The van der Waals surface area contributed by atoms with Crippen molar-refractivity contribution in [2.75, 3.05) is 41.8 Å². The number of aliphatic hydroxyl groups excluding tert-OH is 3. The lowest BCUT2D eigenvalue weighted by Crippen LogP contribution is -2.43. The van der Waals surface area contributed by atoms with Gasteiger partial charge in [0.25, 0.3) is 0 Å². The number of rotatable bonds is 13. The monoisotopic (exact) mass is 784 g/mol. The molecule has 5 aromatic rings. The van der Waals surface area contributed by atoms with Crippen molar-refractivity contribution in [3.8, 4) is 0 Å². The summed E-state index contributed by atoms with van der Waals surface area (Å²) in [5, 5.41) is 48.4. The molecule has 3 heterocycles. The summed E-state index contributed by atoms with van der Waals surface area (Å²) in [5.74, 6) is 0.312. The maximum absolute atomic E-state index is 13.0. The number of urea groups is 1. The molecule has 56 heavy (non-hydrogen) atoms. The normalized spacial score (nSPS) is 21.0. The molecule has 17 nitrogen and oxygen atoms in total. The molecule has 294 valence electrons. The molecule has 1 saturated heterocycles. The number of hydrogen-bond donors (Lipinski definition) is 8. The van der Waals surface area contributed by atoms with Crippen LogP contribution in [-0.4, -0.2) is 106 Å². The Morgan fingerprint density at radius 3 is 2.32 bits per heavy atom. The zero-order chi connectivity index (χ0) is 39.4. The van der Waals surface area contributed by atoms with Crippen LogP contribution in [0.25, 0.3) is 11.2 Å². The van der Waals surface area contributed by atoms with Crippen LogP contribution in [0.5, 0.6) is 0 Å². The fourth-order valence-corrected chi connectivity index (χ4v) is 7.94. The highest BCUT2D eigenvalue weighted by Crippen LogP contribution is 2.35. The van der Waals surface area contributed by atoms with Gasteiger partial charge in [-0.1, -0.05) is 66.7 Å². The Morgan fingerprint density at radius 2 is 1.64 bits per heavy atom. The van der Waals surface area contributed by atoms with E-state index in [-0.39, 0.29) is 42.0 Å². The smallest absolute Gasteiger partial charge is 0.319 e. The van der Waals surface area contributed by atoms with E-state index >= 15 is 0 Å². The molecule has 9 N–H and O–H groups in total. The van der Waals surface area contributed by atoms with E-state index in [1.54, 1.807) is 17.0 Å². The van der Waals surface area contributed by atoms with Gasteiger partial charge in [-0.2, -0.15) is 9.97 Å². The van der Waals surface area contributed by atoms with E-state index in [4.69, 9.17) is 15.1 Å². The standard InChI is InChI=1S/C38H44N10O7S/c39-56(54,55)27-13-7-12-25(18-27)42-38(53)43-26-14-16-47(21-26)37-45-35(40-20-28(23-8-3-1-4-9-23)24-10-5-2-6-11-24)32-36(46-37)48(22-41-32)30-19-29(33(51)34(30)52)44-31(50)15-17-49/h1-13,18,22,26,28-30,33-34,49,51-52H,14-17,19-21H2,(H,44,50)(H2,39,54,55)(H,40,45,46)(H2,42,43,53)/t26-,29+,30-,33-,34+/m1/s1. The summed E-state index contributed by atoms with van der Waals surface area (Å²) in [6, 6.07) is 23.6. The molecule has 2 aromatic heterocycles. The molecule has 1 aliphatic heterocycles. The number of primary sulfonamides is 1. The summed E-state index contributed by atoms with van der Waals surface area (Å²) >= 11 is 0. The molecule has 1 saturated carbocycles. The van der Waals surface area contributed by atoms with E-state index in [0.717, 1.165) is 11.1 Å². The Kier molecular flexibility index (Phi) is 11.4. The van der Waals surface area contributed by atoms with E-state index < -0.39 is 46.3 Å². The van der Waals surface area contributed by atoms with Crippen molar-refractivity contribution in [2.24, 2.45) is 5.14 Å². The molecule has 3 amide bonds. The lowest BCUT2D eigenvalue weighted by Gasteiger charge is -2.22. The number of sulfonamides is 1. The number of carbonyl (C=O) groups excluding carboxylic acids is 2. The number of nitrogens with two attached hydrogens (primary N) is 1. The van der Waals surface area contributed by atoms with E-state index in [1.807, 2.05) is 41.3 Å². The Labute approximate surface area is 323 Å². The molecule has 5 atom stereocenters. The first-order valence-corrected chi connectivity index (χ1v) is 19.8. The summed E-state index contributed by atoms with van der Waals surface area (Å²) < 4.78 is 25.3. The Morgan fingerprint density at radius 1 is 0.929 bits per heavy atom. The second kappa shape index (κ2) is 16.6. The Balaban J connectivity index is 1.16. The van der Waals surface area contributed by atoms with Gasteiger partial charge < -0.3 is 46.1 Å². The van der Waals surface area contributed by atoms with Gasteiger partial charge in [0.15, 0.2) is 17.0 Å². The molecule has 0 spiro atoms. The first-order valence-electron chi connectivity index (χ1n) is 18.3. The minimum Gasteiger partial charge on any atom is -0.396 e. The van der Waals surface area contributed by atoms with Crippen LogP contribution in [0.15, 0.2) is 96.2 Å². The minimum atomic E-state index is -3.95. The SMILES string of the molecule is NS(=O)(=O)c1cccc(NC(=O)N[C@@H]2CCN(c3nc(NCC(c4ccccc4)c4ccccc4)c4ncn([C@@H]5C[C@H](NC(=O)CCO)[C@@H](O)[C@H]5O)c4n3)C2)c1. The van der Waals surface area contributed by atoms with Crippen LogP contribution in [0.3, 0.4) is 0 Å². The maximum Gasteiger partial charge on any atom is 0.319 e. The molecule has 0 bridgehead atoms. The molecule has 3 aromatic carbocycles. The number of carbonyl (C=O) groups is 2. The maximum atomic E-state index is 13.0. The number of imidazole rings is 1. The summed E-state index contributed by atoms with van der Waals surface area (Å²) in [7, 11) is -3.95. The topological polar surface area (TPSA) is 250 Å². The largest absolute Gasteiger partial charge is 0.396 e. The van der Waals surface area contributed by atoms with Crippen LogP contribution >= 0.6 is 0 Å². The lowest BCUT2D eigenvalue weighted by molar-refractivity contribution is -0.123. The minimum absolute atomic E-state index is 0.0485. The Hall–Kier alpha value is -5.66. The van der Waals surface area contributed by atoms with E-state index in [0.29, 0.717) is 49.0 Å². The predicted molar refractivity (Wildman–Crippen MR) is 208 cm³/mol. The quantitative estimate of drug-likeness (QED) is 0.0849. The number of amides is 3. The van der Waals surface area contributed by atoms with Gasteiger partial charge in [0.1, 0.15) is 12.2 Å². The van der Waals surface area contributed by atoms with Gasteiger partial charge in [-0.05, 0) is 42.2 Å². The Bertz CT molecular complexity index is 2240. The van der Waals surface area contributed by atoms with Crippen molar-refractivity contribution in [2.45, 2.75) is 60.4 Å². The number of hydrogen-bond acceptors (Lipinski definition) is 12. The van der Waals surface area contributed by atoms with Crippen molar-refractivity contribution >= 4 is 50.6 Å². The second-order valence-corrected chi connectivity index (χ2v) is 15.5. The average Bonchev–Trinajstić information content (AvgIpc) is 3.90. The van der Waals surface area contributed by atoms with Gasteiger partial charge in [-0.15, -0.1) is 0 Å². The second-order valence-electron chi connectivity index (χ2n) is 14.0. The number of benzene rings is 3. The van der Waals surface area contributed by atoms with Crippen molar-refractivity contribution in [1.82, 2.24) is 30.2 Å². The first kappa shape index (κ1) is 38.6. The molecule has 18 heteroatoms. The van der Waals surface area contributed by atoms with Crippen molar-refractivity contribution < 1.29 is 33.3 Å². The zero-order valence-electron chi connectivity index (χ0n) is 30.3. The van der Waals surface area contributed by atoms with Gasteiger partial charge in [0.2, 0.25) is 21.9 Å². The number of fused-ring (bicyclic) bond motifs is 1. The van der Waals surface area contributed by atoms with Gasteiger partial charge in [0.05, 0.1) is 29.9 Å². The van der Waals surface area contributed by atoms with Gasteiger partial charge in [0, 0.05) is 43.7 Å². The van der Waals surface area contributed by atoms with Crippen molar-refractivity contribution in [1.29, 1.82) is 0 Å². The van der Waals surface area contributed by atoms with Crippen LogP contribution < -0.4 is 31.3 Å². The highest BCUT2D eigenvalue weighted by Gasteiger charge is 2.44. The van der Waals surface area contributed by atoms with Crippen LogP contribution in [0, 0.1) is 0 Å². The van der Waals surface area contributed by atoms with Crippen LogP contribution in [-0.2, 0) is 14.8 Å². The van der Waals surface area contributed by atoms with Gasteiger partial charge in [-0.3, -0.25) is 4.79 Å². The molecule has 1 aliphatic carbocycles. The fraction of sp³-hybridized carbons (Fsp3) is 0.342. The fourth-order valence-electron chi connectivity index (χ4n) is 7.38. The molecule has 7 rings (SSSR count). The molecule has 2 fully saturated rings. The number of aliphatic hydroxyl groups is 3. The lowest BCUT2D eigenvalue weighted by atomic mass is 9.91. The third-order valence-corrected chi connectivity index (χ3v) is 11.1. The number of anilines is 3. The summed E-state index contributed by atoms with van der Waals surface area (Å²) in [6.07, 6.45) is -0.372. The van der Waals surface area contributed by atoms with E-state index in [9.17, 15) is 33.3 Å². The highest BCUT2D eigenvalue weighted by molar-refractivity contribution is 7.89. The van der Waals surface area contributed by atoms with E-state index in [2.05, 4.69) is 50.5 Å². The molecule has 0 radical (unpaired) electrons. The molecular weight excluding hydrogens is 741 g/mol. The third-order valence-electron chi connectivity index (χ3n) is 10.2. The average molecular weight is 785 g/mol. The van der Waals surface area contributed by atoms with Crippen LogP contribution in [0.1, 0.15) is 42.3 Å².